The first-order valence-corrected chi connectivity index (χ1v) is 10.8. The van der Waals surface area contributed by atoms with Crippen molar-refractivity contribution < 1.29 is 9.47 Å². The molecule has 3 aliphatic rings. The molecule has 0 saturated carbocycles. The first-order valence-electron chi connectivity index (χ1n) is 10.8. The van der Waals surface area contributed by atoms with Gasteiger partial charge in [-0.05, 0) is 51.3 Å². The molecule has 7 heteroatoms. The number of piperidine rings is 1. The lowest BCUT2D eigenvalue weighted by Crippen LogP contribution is -2.49. The van der Waals surface area contributed by atoms with Crippen LogP contribution in [0, 0.1) is 0 Å². The molecule has 3 fully saturated rings. The summed E-state index contributed by atoms with van der Waals surface area (Å²) in [5.41, 5.74) is 1.25. The second-order valence-corrected chi connectivity index (χ2v) is 8.17. The van der Waals surface area contributed by atoms with Crippen molar-refractivity contribution in [2.24, 2.45) is 4.99 Å². The number of fused-ring (bicyclic) bond motifs is 2. The summed E-state index contributed by atoms with van der Waals surface area (Å²) < 4.78 is 11.7. The Bertz CT molecular complexity index is 681. The monoisotopic (exact) mass is 514 g/mol. The van der Waals surface area contributed by atoms with Gasteiger partial charge in [-0.1, -0.05) is 24.6 Å². The average Bonchev–Trinajstić information content (AvgIpc) is 3.37. The predicted octanol–water partition coefficient (Wildman–Crippen LogP) is 3.33. The largest absolute Gasteiger partial charge is 0.496 e. The predicted molar refractivity (Wildman–Crippen MR) is 127 cm³/mol. The molecule has 2 bridgehead atoms. The summed E-state index contributed by atoms with van der Waals surface area (Å²) in [6, 6.07) is 9.05. The second-order valence-electron chi connectivity index (χ2n) is 8.17. The molecule has 0 radical (unpaired) electrons. The van der Waals surface area contributed by atoms with Crippen LogP contribution in [-0.2, 0) is 4.74 Å². The molecule has 162 valence electrons. The number of para-hydroxylation sites is 1. The van der Waals surface area contributed by atoms with Gasteiger partial charge in [0.2, 0.25) is 0 Å². The molecule has 0 amide bonds. The van der Waals surface area contributed by atoms with Crippen LogP contribution in [0.3, 0.4) is 0 Å². The van der Waals surface area contributed by atoms with Crippen molar-refractivity contribution in [2.45, 2.75) is 62.8 Å². The molecule has 4 unspecified atom stereocenters. The molecule has 0 aliphatic carbocycles. The Morgan fingerprint density at radius 1 is 1.24 bits per heavy atom. The Hall–Kier alpha value is -1.06. The summed E-state index contributed by atoms with van der Waals surface area (Å²) in [5, 5.41) is 7.19. The third-order valence-corrected chi connectivity index (χ3v) is 6.44. The molecule has 0 spiro atoms. The minimum absolute atomic E-state index is 0. The molecular weight excluding hydrogens is 479 g/mol. The summed E-state index contributed by atoms with van der Waals surface area (Å²) in [7, 11) is 3.61. The zero-order valence-electron chi connectivity index (χ0n) is 17.6. The van der Waals surface area contributed by atoms with Gasteiger partial charge in [0.15, 0.2) is 5.96 Å². The Morgan fingerprint density at radius 3 is 2.69 bits per heavy atom. The molecule has 3 aliphatic heterocycles. The second kappa shape index (κ2) is 10.8. The van der Waals surface area contributed by atoms with Gasteiger partial charge in [-0.15, -0.1) is 24.0 Å². The molecule has 3 heterocycles. The molecule has 4 atom stereocenters. The van der Waals surface area contributed by atoms with E-state index < -0.39 is 0 Å². The summed E-state index contributed by atoms with van der Waals surface area (Å²) in [6.07, 6.45) is 8.11. The minimum atomic E-state index is 0. The maximum atomic E-state index is 5.98. The van der Waals surface area contributed by atoms with Gasteiger partial charge in [0.1, 0.15) is 5.75 Å². The molecule has 0 aromatic heterocycles. The van der Waals surface area contributed by atoms with E-state index >= 15 is 0 Å². The molecule has 1 aromatic carbocycles. The van der Waals surface area contributed by atoms with Crippen LogP contribution in [0.15, 0.2) is 29.3 Å². The van der Waals surface area contributed by atoms with Crippen LogP contribution in [0.5, 0.6) is 5.75 Å². The summed E-state index contributed by atoms with van der Waals surface area (Å²) in [6.45, 7) is 3.08. The number of likely N-dealkylation sites (tertiary alicyclic amines) is 1. The lowest BCUT2D eigenvalue weighted by Gasteiger charge is -2.36. The van der Waals surface area contributed by atoms with Crippen LogP contribution in [0.4, 0.5) is 0 Å². The van der Waals surface area contributed by atoms with Crippen molar-refractivity contribution in [1.82, 2.24) is 15.5 Å². The zero-order chi connectivity index (χ0) is 19.3. The van der Waals surface area contributed by atoms with E-state index in [0.29, 0.717) is 18.2 Å². The molecule has 6 nitrogen and oxygen atoms in total. The molecule has 3 saturated heterocycles. The summed E-state index contributed by atoms with van der Waals surface area (Å²) >= 11 is 0. The highest BCUT2D eigenvalue weighted by atomic mass is 127. The maximum absolute atomic E-state index is 5.98. The number of methoxy groups -OCH3 is 1. The fourth-order valence-electron chi connectivity index (χ4n) is 4.96. The number of benzene rings is 1. The van der Waals surface area contributed by atoms with E-state index in [4.69, 9.17) is 9.47 Å². The number of nitrogens with zero attached hydrogens (tertiary/aromatic N) is 2. The highest BCUT2D eigenvalue weighted by Crippen LogP contribution is 2.34. The van der Waals surface area contributed by atoms with E-state index in [1.165, 1.54) is 31.2 Å². The Balaban J connectivity index is 0.00000240. The lowest BCUT2D eigenvalue weighted by atomic mass is 9.96. The molecule has 4 rings (SSSR count). The summed E-state index contributed by atoms with van der Waals surface area (Å²) in [4.78, 5) is 7.06. The van der Waals surface area contributed by atoms with Crippen LogP contribution >= 0.6 is 24.0 Å². The Morgan fingerprint density at radius 2 is 2.03 bits per heavy atom. The number of ether oxygens (including phenoxy) is 2. The Kier molecular flexibility index (Phi) is 8.44. The zero-order valence-corrected chi connectivity index (χ0v) is 19.9. The number of guanidine groups is 1. The SMILES string of the molecule is CN=C(NCC(c1ccccc1OC)N1CCCCC1)NC1CC2CCC1O2.I. The van der Waals surface area contributed by atoms with Crippen molar-refractivity contribution in [3.63, 3.8) is 0 Å². The number of aliphatic imine (C=N–C) groups is 1. The minimum Gasteiger partial charge on any atom is -0.496 e. The Labute approximate surface area is 191 Å². The van der Waals surface area contributed by atoms with E-state index in [1.54, 1.807) is 7.11 Å². The van der Waals surface area contributed by atoms with Crippen LogP contribution in [0.1, 0.15) is 50.1 Å². The molecular formula is C22H35IN4O2. The third-order valence-electron chi connectivity index (χ3n) is 6.44. The highest BCUT2D eigenvalue weighted by Gasteiger charge is 2.41. The van der Waals surface area contributed by atoms with Crippen molar-refractivity contribution in [1.29, 1.82) is 0 Å². The number of hydrogen-bond donors (Lipinski definition) is 2. The van der Waals surface area contributed by atoms with E-state index in [1.807, 2.05) is 13.1 Å². The van der Waals surface area contributed by atoms with Crippen LogP contribution < -0.4 is 15.4 Å². The van der Waals surface area contributed by atoms with Crippen molar-refractivity contribution in [3.05, 3.63) is 29.8 Å². The van der Waals surface area contributed by atoms with Gasteiger partial charge < -0.3 is 20.1 Å². The fraction of sp³-hybridized carbons (Fsp3) is 0.682. The van der Waals surface area contributed by atoms with Gasteiger partial charge >= 0.3 is 0 Å². The number of halogens is 1. The van der Waals surface area contributed by atoms with Gasteiger partial charge in [0, 0.05) is 19.2 Å². The van der Waals surface area contributed by atoms with E-state index in [-0.39, 0.29) is 30.0 Å². The van der Waals surface area contributed by atoms with Crippen LogP contribution in [0.2, 0.25) is 0 Å². The first-order chi connectivity index (χ1) is 13.8. The molecule has 1 aromatic rings. The van der Waals surface area contributed by atoms with Gasteiger partial charge in [-0.25, -0.2) is 0 Å². The lowest BCUT2D eigenvalue weighted by molar-refractivity contribution is 0.0992. The molecule has 29 heavy (non-hydrogen) atoms. The van der Waals surface area contributed by atoms with Crippen molar-refractivity contribution in [2.75, 3.05) is 33.8 Å². The molecule has 2 N–H and O–H groups in total. The average molecular weight is 514 g/mol. The third kappa shape index (κ3) is 5.35. The standard InChI is InChI=1S/C22H34N4O2.HI/c1-23-22(25-18-14-16-10-11-21(18)28-16)24-15-19(26-12-6-3-7-13-26)17-8-4-5-9-20(17)27-2;/h4-5,8-9,16,18-19,21H,3,6-7,10-15H2,1-2H3,(H2,23,24,25);1H. The normalized spacial score (nSPS) is 27.9. The quantitative estimate of drug-likeness (QED) is 0.347. The van der Waals surface area contributed by atoms with Gasteiger partial charge in [-0.3, -0.25) is 9.89 Å². The number of rotatable bonds is 6. The maximum Gasteiger partial charge on any atom is 0.191 e. The van der Waals surface area contributed by atoms with Gasteiger partial charge in [0.25, 0.3) is 0 Å². The highest BCUT2D eigenvalue weighted by molar-refractivity contribution is 14.0. The van der Waals surface area contributed by atoms with Gasteiger partial charge in [-0.2, -0.15) is 0 Å². The summed E-state index contributed by atoms with van der Waals surface area (Å²) in [5.74, 6) is 1.84. The first kappa shape index (κ1) is 22.6. The number of nitrogens with one attached hydrogen (secondary N) is 2. The fourth-order valence-corrected chi connectivity index (χ4v) is 4.96. The smallest absolute Gasteiger partial charge is 0.191 e. The number of hydrogen-bond acceptors (Lipinski definition) is 4. The van der Waals surface area contributed by atoms with Crippen LogP contribution in [-0.4, -0.2) is 62.9 Å². The van der Waals surface area contributed by atoms with Crippen molar-refractivity contribution in [3.8, 4) is 5.75 Å². The van der Waals surface area contributed by atoms with Crippen LogP contribution in [0.25, 0.3) is 0 Å². The van der Waals surface area contributed by atoms with Crippen molar-refractivity contribution >= 4 is 29.9 Å². The van der Waals surface area contributed by atoms with Gasteiger partial charge in [0.05, 0.1) is 31.4 Å². The van der Waals surface area contributed by atoms with E-state index in [9.17, 15) is 0 Å². The topological polar surface area (TPSA) is 58.1 Å². The van der Waals surface area contributed by atoms with E-state index in [0.717, 1.165) is 44.2 Å². The van der Waals surface area contributed by atoms with E-state index in [2.05, 4.69) is 38.7 Å².